The Labute approximate surface area is 106 Å². The molecular weight excluding hydrogens is 228 g/mol. The van der Waals surface area contributed by atoms with E-state index in [4.69, 9.17) is 4.74 Å². The van der Waals surface area contributed by atoms with Gasteiger partial charge in [-0.1, -0.05) is 24.3 Å². The highest BCUT2D eigenvalue weighted by Gasteiger charge is 2.18. The molecule has 1 aromatic carbocycles. The first kappa shape index (κ1) is 12.6. The van der Waals surface area contributed by atoms with Crippen LogP contribution in [-0.2, 0) is 9.59 Å². The van der Waals surface area contributed by atoms with E-state index in [9.17, 15) is 9.59 Å². The molecule has 3 nitrogen and oxygen atoms in total. The van der Waals surface area contributed by atoms with E-state index in [1.54, 1.807) is 7.11 Å². The third-order valence-electron chi connectivity index (χ3n) is 3.10. The quantitative estimate of drug-likeness (QED) is 0.803. The fourth-order valence-electron chi connectivity index (χ4n) is 2.13. The van der Waals surface area contributed by atoms with Gasteiger partial charge in [0.1, 0.15) is 11.5 Å². The third kappa shape index (κ3) is 2.67. The van der Waals surface area contributed by atoms with E-state index in [0.29, 0.717) is 37.0 Å². The van der Waals surface area contributed by atoms with Crippen LogP contribution in [0.2, 0.25) is 0 Å². The maximum absolute atomic E-state index is 12.1. The summed E-state index contributed by atoms with van der Waals surface area (Å²) in [6.45, 7) is 0. The minimum Gasteiger partial charge on any atom is -0.496 e. The van der Waals surface area contributed by atoms with Crippen LogP contribution in [0.1, 0.15) is 31.2 Å². The van der Waals surface area contributed by atoms with Gasteiger partial charge in [0.15, 0.2) is 5.78 Å². The van der Waals surface area contributed by atoms with Crippen LogP contribution in [-0.4, -0.2) is 18.7 Å². The summed E-state index contributed by atoms with van der Waals surface area (Å²) >= 11 is 0. The Balaban J connectivity index is 2.38. The van der Waals surface area contributed by atoms with Crippen molar-refractivity contribution in [2.24, 2.45) is 0 Å². The normalized spacial score (nSPS) is 19.7. The van der Waals surface area contributed by atoms with Crippen LogP contribution in [0.5, 0.6) is 5.75 Å². The maximum Gasteiger partial charge on any atom is 0.163 e. The number of rotatable bonds is 2. The minimum absolute atomic E-state index is 0.0209. The Morgan fingerprint density at radius 2 is 1.83 bits per heavy atom. The molecule has 3 heteroatoms. The molecule has 0 fully saturated rings. The highest BCUT2D eigenvalue weighted by atomic mass is 16.5. The molecule has 0 bridgehead atoms. The molecule has 1 aliphatic rings. The summed E-state index contributed by atoms with van der Waals surface area (Å²) in [6, 6.07) is 7.48. The molecule has 0 N–H and O–H groups in total. The lowest BCUT2D eigenvalue weighted by Gasteiger charge is -2.13. The van der Waals surface area contributed by atoms with E-state index < -0.39 is 0 Å². The minimum atomic E-state index is 0.0209. The number of methoxy groups -OCH3 is 1. The molecule has 0 atom stereocenters. The second-order valence-electron chi connectivity index (χ2n) is 4.32. The average molecular weight is 244 g/mol. The summed E-state index contributed by atoms with van der Waals surface area (Å²) in [6.07, 6.45) is 3.65. The number of para-hydroxylation sites is 1. The van der Waals surface area contributed by atoms with Crippen molar-refractivity contribution in [3.05, 3.63) is 35.9 Å². The molecule has 94 valence electrons. The predicted octanol–water partition coefficient (Wildman–Crippen LogP) is 2.79. The van der Waals surface area contributed by atoms with Gasteiger partial charge in [-0.2, -0.15) is 0 Å². The van der Waals surface area contributed by atoms with Crippen molar-refractivity contribution >= 4 is 17.1 Å². The Morgan fingerprint density at radius 1 is 1.06 bits per heavy atom. The third-order valence-corrected chi connectivity index (χ3v) is 3.10. The molecule has 1 aromatic rings. The van der Waals surface area contributed by atoms with Gasteiger partial charge in [-0.15, -0.1) is 0 Å². The van der Waals surface area contributed by atoms with E-state index in [1.165, 1.54) is 0 Å². The highest BCUT2D eigenvalue weighted by molar-refractivity contribution is 6.22. The van der Waals surface area contributed by atoms with Crippen LogP contribution in [0, 0.1) is 0 Å². The van der Waals surface area contributed by atoms with Gasteiger partial charge in [0.2, 0.25) is 0 Å². The van der Waals surface area contributed by atoms with Crippen molar-refractivity contribution in [1.29, 1.82) is 0 Å². The Kier molecular flexibility index (Phi) is 3.92. The lowest BCUT2D eigenvalue weighted by Crippen LogP contribution is -2.10. The van der Waals surface area contributed by atoms with Crippen molar-refractivity contribution in [3.8, 4) is 5.75 Å². The van der Waals surface area contributed by atoms with Crippen molar-refractivity contribution in [2.45, 2.75) is 25.7 Å². The number of Topliss-reactive ketones (excluding diaryl/α,β-unsaturated/α-hetero) is 2. The molecule has 18 heavy (non-hydrogen) atoms. The smallest absolute Gasteiger partial charge is 0.163 e. The first-order valence-electron chi connectivity index (χ1n) is 6.11. The summed E-state index contributed by atoms with van der Waals surface area (Å²) in [5.74, 6) is 0.884. The molecule has 0 saturated carbocycles. The molecule has 0 unspecified atom stereocenters. The first-order valence-corrected chi connectivity index (χ1v) is 6.11. The largest absolute Gasteiger partial charge is 0.496 e. The summed E-state index contributed by atoms with van der Waals surface area (Å²) < 4.78 is 5.28. The number of carbonyl (C=O) groups excluding carboxylic acids is 2. The van der Waals surface area contributed by atoms with E-state index >= 15 is 0 Å². The number of ketones is 2. The zero-order valence-corrected chi connectivity index (χ0v) is 10.4. The molecule has 2 rings (SSSR count). The van der Waals surface area contributed by atoms with Gasteiger partial charge in [-0.3, -0.25) is 9.59 Å². The van der Waals surface area contributed by atoms with Gasteiger partial charge in [-0.25, -0.2) is 0 Å². The first-order chi connectivity index (χ1) is 8.72. The standard InChI is InChI=1S/C15H16O3/c1-18-15-8-3-2-6-13(15)12-7-4-5-11(16)9-10-14(12)17/h2-3,6-8H,4-5,9-10H2,1H3/b12-7-. The van der Waals surface area contributed by atoms with Crippen LogP contribution >= 0.6 is 0 Å². The molecule has 1 aliphatic carbocycles. The molecule has 0 aromatic heterocycles. The SMILES string of the molecule is COc1ccccc1/C1=C/CCC(=O)CCC1=O. The maximum atomic E-state index is 12.1. The van der Waals surface area contributed by atoms with Crippen LogP contribution in [0.3, 0.4) is 0 Å². The number of benzene rings is 1. The van der Waals surface area contributed by atoms with Crippen molar-refractivity contribution in [1.82, 2.24) is 0 Å². The van der Waals surface area contributed by atoms with Gasteiger partial charge >= 0.3 is 0 Å². The summed E-state index contributed by atoms with van der Waals surface area (Å²) in [7, 11) is 1.59. The monoisotopic (exact) mass is 244 g/mol. The second kappa shape index (κ2) is 5.63. The van der Waals surface area contributed by atoms with Gasteiger partial charge in [-0.05, 0) is 12.5 Å². The lowest BCUT2D eigenvalue weighted by molar-refractivity contribution is -0.122. The number of ether oxygens (including phenoxy) is 1. The Hall–Kier alpha value is -1.90. The fraction of sp³-hybridized carbons (Fsp3) is 0.333. The number of carbonyl (C=O) groups is 2. The molecule has 0 saturated heterocycles. The Bertz CT molecular complexity index is 500. The van der Waals surface area contributed by atoms with E-state index in [2.05, 4.69) is 0 Å². The number of allylic oxidation sites excluding steroid dienone is 2. The molecule has 0 spiro atoms. The zero-order chi connectivity index (χ0) is 13.0. The van der Waals surface area contributed by atoms with Crippen molar-refractivity contribution < 1.29 is 14.3 Å². The molecule has 0 radical (unpaired) electrons. The van der Waals surface area contributed by atoms with E-state index in [-0.39, 0.29) is 11.6 Å². The van der Waals surface area contributed by atoms with Crippen LogP contribution in [0.15, 0.2) is 30.3 Å². The predicted molar refractivity (Wildman–Crippen MR) is 69.5 cm³/mol. The van der Waals surface area contributed by atoms with Gasteiger partial charge in [0.25, 0.3) is 0 Å². The fourth-order valence-corrected chi connectivity index (χ4v) is 2.13. The Morgan fingerprint density at radius 3 is 2.61 bits per heavy atom. The van der Waals surface area contributed by atoms with E-state index in [1.807, 2.05) is 30.3 Å². The second-order valence-corrected chi connectivity index (χ2v) is 4.32. The highest BCUT2D eigenvalue weighted by Crippen LogP contribution is 2.29. The van der Waals surface area contributed by atoms with Crippen LogP contribution in [0.25, 0.3) is 5.57 Å². The number of hydrogen-bond acceptors (Lipinski definition) is 3. The van der Waals surface area contributed by atoms with Crippen LogP contribution in [0.4, 0.5) is 0 Å². The van der Waals surface area contributed by atoms with Gasteiger partial charge < -0.3 is 4.74 Å². The average Bonchev–Trinajstić information content (AvgIpc) is 2.39. The molecule has 0 heterocycles. The molecule has 0 aliphatic heterocycles. The van der Waals surface area contributed by atoms with Gasteiger partial charge in [0, 0.05) is 30.4 Å². The molecule has 0 amide bonds. The van der Waals surface area contributed by atoms with Crippen molar-refractivity contribution in [2.75, 3.05) is 7.11 Å². The topological polar surface area (TPSA) is 43.4 Å². The van der Waals surface area contributed by atoms with Crippen LogP contribution < -0.4 is 4.74 Å². The van der Waals surface area contributed by atoms with Gasteiger partial charge in [0.05, 0.1) is 7.11 Å². The van der Waals surface area contributed by atoms with E-state index in [0.717, 1.165) is 5.56 Å². The summed E-state index contributed by atoms with van der Waals surface area (Å²) in [5.41, 5.74) is 1.50. The number of hydrogen-bond donors (Lipinski definition) is 0. The lowest BCUT2D eigenvalue weighted by atomic mass is 9.92. The zero-order valence-electron chi connectivity index (χ0n) is 10.4. The van der Waals surface area contributed by atoms with Crippen molar-refractivity contribution in [3.63, 3.8) is 0 Å². The summed E-state index contributed by atoms with van der Waals surface area (Å²) in [5, 5.41) is 0. The molecular formula is C15H16O3. The summed E-state index contributed by atoms with van der Waals surface area (Å²) in [4.78, 5) is 23.4.